The maximum absolute atomic E-state index is 14.1. The molecule has 0 spiro atoms. The Balaban J connectivity index is 2.57. The summed E-state index contributed by atoms with van der Waals surface area (Å²) in [5.41, 5.74) is 1.52. The Kier molecular flexibility index (Phi) is 4.32. The van der Waals surface area contributed by atoms with E-state index in [0.717, 1.165) is 5.56 Å². The maximum Gasteiger partial charge on any atom is 0.148 e. The minimum absolute atomic E-state index is 0.000437. The van der Waals surface area contributed by atoms with Crippen LogP contribution in [0.2, 0.25) is 0 Å². The van der Waals surface area contributed by atoms with Gasteiger partial charge in [-0.3, -0.25) is 0 Å². The van der Waals surface area contributed by atoms with E-state index < -0.39 is 11.6 Å². The fourth-order valence-corrected chi connectivity index (χ4v) is 2.25. The van der Waals surface area contributed by atoms with Crippen LogP contribution in [0.25, 0.3) is 11.1 Å². The van der Waals surface area contributed by atoms with Gasteiger partial charge in [-0.1, -0.05) is 18.2 Å². The van der Waals surface area contributed by atoms with Crippen molar-refractivity contribution in [1.82, 2.24) is 5.32 Å². The third-order valence-corrected chi connectivity index (χ3v) is 3.76. The molecule has 0 heterocycles. The van der Waals surface area contributed by atoms with E-state index in [-0.39, 0.29) is 16.1 Å². The van der Waals surface area contributed by atoms with Crippen molar-refractivity contribution in [2.24, 2.45) is 0 Å². The van der Waals surface area contributed by atoms with Crippen molar-refractivity contribution in [3.8, 4) is 11.1 Å². The largest absolute Gasteiger partial charge is 0.313 e. The first-order valence-corrected chi connectivity index (χ1v) is 6.75. The van der Waals surface area contributed by atoms with Gasteiger partial charge >= 0.3 is 0 Å². The highest BCUT2D eigenvalue weighted by Gasteiger charge is 2.15. The van der Waals surface area contributed by atoms with Gasteiger partial charge in [0.05, 0.1) is 10.0 Å². The molecule has 0 amide bonds. The van der Waals surface area contributed by atoms with Crippen LogP contribution in [0, 0.1) is 11.6 Å². The molecular formula is C15H14BrF2N. The van der Waals surface area contributed by atoms with Gasteiger partial charge in [-0.15, -0.1) is 0 Å². The zero-order valence-electron chi connectivity index (χ0n) is 10.7. The van der Waals surface area contributed by atoms with Crippen molar-refractivity contribution in [2.75, 3.05) is 7.05 Å². The van der Waals surface area contributed by atoms with Gasteiger partial charge in [0.15, 0.2) is 0 Å². The van der Waals surface area contributed by atoms with E-state index in [1.165, 1.54) is 12.1 Å². The summed E-state index contributed by atoms with van der Waals surface area (Å²) in [6.45, 7) is 1.99. The van der Waals surface area contributed by atoms with Gasteiger partial charge in [0, 0.05) is 6.04 Å². The molecule has 4 heteroatoms. The summed E-state index contributed by atoms with van der Waals surface area (Å²) >= 11 is 3.08. The summed E-state index contributed by atoms with van der Waals surface area (Å²) in [5.74, 6) is -1.13. The lowest BCUT2D eigenvalue weighted by atomic mass is 9.99. The van der Waals surface area contributed by atoms with Gasteiger partial charge in [0.25, 0.3) is 0 Å². The van der Waals surface area contributed by atoms with Gasteiger partial charge in [0.1, 0.15) is 11.6 Å². The van der Waals surface area contributed by atoms with Crippen LogP contribution >= 0.6 is 15.9 Å². The Labute approximate surface area is 119 Å². The number of benzene rings is 2. The van der Waals surface area contributed by atoms with Crippen LogP contribution < -0.4 is 5.32 Å². The number of nitrogens with one attached hydrogen (secondary N) is 1. The Morgan fingerprint density at radius 1 is 1.16 bits per heavy atom. The highest BCUT2D eigenvalue weighted by molar-refractivity contribution is 9.10. The zero-order chi connectivity index (χ0) is 14.0. The normalized spacial score (nSPS) is 12.5. The molecule has 2 rings (SSSR count). The predicted octanol–water partition coefficient (Wildman–Crippen LogP) is 4.67. The molecule has 100 valence electrons. The van der Waals surface area contributed by atoms with Gasteiger partial charge in [0.2, 0.25) is 0 Å². The fraction of sp³-hybridized carbons (Fsp3) is 0.200. The van der Waals surface area contributed by atoms with Crippen LogP contribution in [0.15, 0.2) is 40.9 Å². The average molecular weight is 326 g/mol. The monoisotopic (exact) mass is 325 g/mol. The molecule has 0 aliphatic carbocycles. The Hall–Kier alpha value is -1.26. The van der Waals surface area contributed by atoms with E-state index in [9.17, 15) is 8.78 Å². The molecule has 1 unspecified atom stereocenters. The highest BCUT2D eigenvalue weighted by Crippen LogP contribution is 2.31. The van der Waals surface area contributed by atoms with E-state index in [4.69, 9.17) is 0 Å². The van der Waals surface area contributed by atoms with Crippen molar-refractivity contribution in [2.45, 2.75) is 13.0 Å². The molecule has 0 bridgehead atoms. The second kappa shape index (κ2) is 5.80. The first kappa shape index (κ1) is 14.2. The molecule has 2 aromatic rings. The zero-order valence-corrected chi connectivity index (χ0v) is 12.3. The molecule has 1 N–H and O–H groups in total. The van der Waals surface area contributed by atoms with E-state index >= 15 is 0 Å². The molecule has 0 saturated carbocycles. The molecule has 0 radical (unpaired) electrons. The van der Waals surface area contributed by atoms with Crippen LogP contribution in [0.1, 0.15) is 18.5 Å². The molecule has 1 atom stereocenters. The summed E-state index contributed by atoms with van der Waals surface area (Å²) in [4.78, 5) is 0. The maximum atomic E-state index is 14.1. The fourth-order valence-electron chi connectivity index (χ4n) is 1.92. The van der Waals surface area contributed by atoms with E-state index in [2.05, 4.69) is 21.2 Å². The quantitative estimate of drug-likeness (QED) is 0.808. The lowest BCUT2D eigenvalue weighted by molar-refractivity contribution is 0.585. The van der Waals surface area contributed by atoms with Crippen molar-refractivity contribution in [3.05, 3.63) is 58.1 Å². The van der Waals surface area contributed by atoms with Crippen LogP contribution in [0.4, 0.5) is 8.78 Å². The molecule has 1 nitrogen and oxygen atoms in total. The molecule has 0 fully saturated rings. The lowest BCUT2D eigenvalue weighted by Crippen LogP contribution is -2.12. The summed E-state index contributed by atoms with van der Waals surface area (Å²) < 4.78 is 28.2. The van der Waals surface area contributed by atoms with Gasteiger partial charge in [-0.25, -0.2) is 8.78 Å². The molecular weight excluding hydrogens is 312 g/mol. The minimum atomic E-state index is -0.575. The third-order valence-electron chi connectivity index (χ3n) is 3.15. The third kappa shape index (κ3) is 2.85. The van der Waals surface area contributed by atoms with Crippen molar-refractivity contribution in [3.63, 3.8) is 0 Å². The summed E-state index contributed by atoms with van der Waals surface area (Å²) in [5, 5.41) is 3.10. The number of rotatable bonds is 3. The summed E-state index contributed by atoms with van der Waals surface area (Å²) in [6.07, 6.45) is 0. The van der Waals surface area contributed by atoms with E-state index in [1.54, 1.807) is 18.2 Å². The van der Waals surface area contributed by atoms with Crippen LogP contribution in [-0.4, -0.2) is 7.05 Å². The molecule has 2 aromatic carbocycles. The smallest absolute Gasteiger partial charge is 0.148 e. The van der Waals surface area contributed by atoms with Crippen molar-refractivity contribution < 1.29 is 8.78 Å². The van der Waals surface area contributed by atoms with Crippen LogP contribution in [0.5, 0.6) is 0 Å². The average Bonchev–Trinajstić information content (AvgIpc) is 2.43. The van der Waals surface area contributed by atoms with E-state index in [1.807, 2.05) is 20.0 Å². The predicted molar refractivity (Wildman–Crippen MR) is 77.0 cm³/mol. The summed E-state index contributed by atoms with van der Waals surface area (Å²) in [7, 11) is 1.84. The van der Waals surface area contributed by atoms with Gasteiger partial charge in [-0.05, 0) is 59.2 Å². The molecule has 0 aliphatic rings. The molecule has 19 heavy (non-hydrogen) atoms. The molecule has 0 saturated heterocycles. The Bertz CT molecular complexity index is 599. The second-order valence-electron chi connectivity index (χ2n) is 4.35. The molecule has 0 aromatic heterocycles. The van der Waals surface area contributed by atoms with Crippen LogP contribution in [-0.2, 0) is 0 Å². The van der Waals surface area contributed by atoms with Gasteiger partial charge in [-0.2, -0.15) is 0 Å². The van der Waals surface area contributed by atoms with Crippen molar-refractivity contribution >= 4 is 15.9 Å². The SMILES string of the molecule is CNC(C)c1cccc(-c2c(F)ccc(Br)c2F)c1. The van der Waals surface area contributed by atoms with Crippen molar-refractivity contribution in [1.29, 1.82) is 0 Å². The number of hydrogen-bond acceptors (Lipinski definition) is 1. The Morgan fingerprint density at radius 2 is 1.89 bits per heavy atom. The number of halogens is 3. The van der Waals surface area contributed by atoms with Crippen LogP contribution in [0.3, 0.4) is 0 Å². The molecule has 0 aliphatic heterocycles. The second-order valence-corrected chi connectivity index (χ2v) is 5.21. The first-order valence-electron chi connectivity index (χ1n) is 5.95. The lowest BCUT2D eigenvalue weighted by Gasteiger charge is -2.13. The number of hydrogen-bond donors (Lipinski definition) is 1. The topological polar surface area (TPSA) is 12.0 Å². The van der Waals surface area contributed by atoms with E-state index in [0.29, 0.717) is 5.56 Å². The standard InChI is InChI=1S/C15H14BrF2N/c1-9(19-2)10-4-3-5-11(8-10)14-13(17)7-6-12(16)15(14)18/h3-9,19H,1-2H3. The first-order chi connectivity index (χ1) is 9.04. The van der Waals surface area contributed by atoms with Gasteiger partial charge < -0.3 is 5.32 Å². The summed E-state index contributed by atoms with van der Waals surface area (Å²) in [6, 6.07) is 9.99. The Morgan fingerprint density at radius 3 is 2.58 bits per heavy atom. The minimum Gasteiger partial charge on any atom is -0.313 e. The highest BCUT2D eigenvalue weighted by atomic mass is 79.9.